The Bertz CT molecular complexity index is 1090. The highest BCUT2D eigenvalue weighted by Gasteiger charge is 2.34. The van der Waals surface area contributed by atoms with E-state index in [2.05, 4.69) is 5.32 Å². The molecule has 0 spiro atoms. The van der Waals surface area contributed by atoms with Gasteiger partial charge in [0.2, 0.25) is 5.91 Å². The van der Waals surface area contributed by atoms with Gasteiger partial charge in [-0.2, -0.15) is 13.2 Å². The Labute approximate surface area is 172 Å². The van der Waals surface area contributed by atoms with Crippen molar-refractivity contribution >= 4 is 23.4 Å². The summed E-state index contributed by atoms with van der Waals surface area (Å²) >= 11 is 0. The number of nitro groups is 1. The third-order valence-corrected chi connectivity index (χ3v) is 4.04. The molecule has 0 fully saturated rings. The van der Waals surface area contributed by atoms with Crippen LogP contribution in [0.2, 0.25) is 0 Å². The van der Waals surface area contributed by atoms with Gasteiger partial charge in [0.25, 0.3) is 5.91 Å². The minimum Gasteiger partial charge on any atom is -0.467 e. The summed E-state index contributed by atoms with van der Waals surface area (Å²) in [4.78, 5) is 36.0. The number of rotatable bonds is 7. The average molecular weight is 437 g/mol. The summed E-state index contributed by atoms with van der Waals surface area (Å²) in [5.74, 6) is -2.62. The van der Waals surface area contributed by atoms with E-state index in [0.717, 1.165) is 29.2 Å². The Balaban J connectivity index is 1.81. The van der Waals surface area contributed by atoms with Crippen molar-refractivity contribution < 1.29 is 36.5 Å². The van der Waals surface area contributed by atoms with Gasteiger partial charge in [0, 0.05) is 0 Å². The first-order valence-corrected chi connectivity index (χ1v) is 8.67. The third kappa shape index (κ3) is 5.29. The molecule has 1 aromatic carbocycles. The number of furan rings is 2. The topological polar surface area (TPSA) is 119 Å². The molecule has 12 heteroatoms. The summed E-state index contributed by atoms with van der Waals surface area (Å²) in [5, 5.41) is 12.9. The molecule has 31 heavy (non-hydrogen) atoms. The summed E-state index contributed by atoms with van der Waals surface area (Å²) in [7, 11) is 0. The van der Waals surface area contributed by atoms with Gasteiger partial charge in [-0.15, -0.1) is 0 Å². The molecule has 0 unspecified atom stereocenters. The molecule has 3 aromatic rings. The number of hydrogen-bond acceptors (Lipinski definition) is 6. The Morgan fingerprint density at radius 1 is 1.10 bits per heavy atom. The van der Waals surface area contributed by atoms with Crippen LogP contribution in [0.3, 0.4) is 0 Å². The van der Waals surface area contributed by atoms with Crippen LogP contribution in [-0.4, -0.2) is 28.2 Å². The SMILES string of the molecule is O=C(CN(Cc1ccco1)C(=O)c1ccc([N+](=O)[O-])o1)Nc1ccccc1C(F)(F)F. The summed E-state index contributed by atoms with van der Waals surface area (Å²) < 4.78 is 49.4. The maximum Gasteiger partial charge on any atom is 0.433 e. The van der Waals surface area contributed by atoms with Crippen molar-refractivity contribution in [2.75, 3.05) is 11.9 Å². The number of amides is 2. The third-order valence-electron chi connectivity index (χ3n) is 4.04. The second-order valence-corrected chi connectivity index (χ2v) is 6.23. The van der Waals surface area contributed by atoms with Crippen LogP contribution in [0.1, 0.15) is 21.9 Å². The van der Waals surface area contributed by atoms with Gasteiger partial charge in [0.15, 0.2) is 5.76 Å². The number of anilines is 1. The fourth-order valence-electron chi connectivity index (χ4n) is 2.69. The lowest BCUT2D eigenvalue weighted by Gasteiger charge is -2.21. The lowest BCUT2D eigenvalue weighted by atomic mass is 10.1. The van der Waals surface area contributed by atoms with Crippen molar-refractivity contribution in [3.8, 4) is 0 Å². The van der Waals surface area contributed by atoms with Gasteiger partial charge in [-0.1, -0.05) is 12.1 Å². The fraction of sp³-hybridized carbons (Fsp3) is 0.158. The number of hydrogen-bond donors (Lipinski definition) is 1. The van der Waals surface area contributed by atoms with Gasteiger partial charge in [-0.3, -0.25) is 19.7 Å². The van der Waals surface area contributed by atoms with Crippen molar-refractivity contribution in [3.05, 3.63) is 82.0 Å². The summed E-state index contributed by atoms with van der Waals surface area (Å²) in [5.41, 5.74) is -1.52. The summed E-state index contributed by atoms with van der Waals surface area (Å²) in [6.07, 6.45) is -3.37. The van der Waals surface area contributed by atoms with Crippen molar-refractivity contribution in [2.45, 2.75) is 12.7 Å². The zero-order valence-electron chi connectivity index (χ0n) is 15.6. The number of nitrogens with zero attached hydrogens (tertiary/aromatic N) is 2. The number of carbonyl (C=O) groups excluding carboxylic acids is 2. The fourth-order valence-corrected chi connectivity index (χ4v) is 2.69. The zero-order chi connectivity index (χ0) is 22.6. The van der Waals surface area contributed by atoms with Gasteiger partial charge < -0.3 is 19.1 Å². The minimum atomic E-state index is -4.69. The summed E-state index contributed by atoms with van der Waals surface area (Å²) in [6, 6.07) is 9.47. The molecule has 0 aliphatic carbocycles. The first-order chi connectivity index (χ1) is 14.6. The molecule has 2 amide bonds. The van der Waals surface area contributed by atoms with Crippen LogP contribution in [-0.2, 0) is 17.5 Å². The van der Waals surface area contributed by atoms with Crippen LogP contribution in [0.5, 0.6) is 0 Å². The predicted octanol–water partition coefficient (Wildman–Crippen LogP) is 4.08. The van der Waals surface area contributed by atoms with E-state index < -0.39 is 52.4 Å². The molecule has 0 bridgehead atoms. The van der Waals surface area contributed by atoms with Gasteiger partial charge in [-0.05, 0) is 30.3 Å². The van der Waals surface area contributed by atoms with Gasteiger partial charge in [-0.25, -0.2) is 0 Å². The molecule has 0 aliphatic heterocycles. The van der Waals surface area contributed by atoms with E-state index in [-0.39, 0.29) is 12.3 Å². The maximum absolute atomic E-state index is 13.1. The van der Waals surface area contributed by atoms with Crippen LogP contribution in [0.15, 0.2) is 63.6 Å². The van der Waals surface area contributed by atoms with Crippen LogP contribution >= 0.6 is 0 Å². The first kappa shape index (κ1) is 21.6. The van der Waals surface area contributed by atoms with E-state index in [1.165, 1.54) is 30.5 Å². The minimum absolute atomic E-state index is 0.228. The number of nitrogens with one attached hydrogen (secondary N) is 1. The quantitative estimate of drug-likeness (QED) is 0.439. The second-order valence-electron chi connectivity index (χ2n) is 6.23. The number of benzene rings is 1. The molecule has 3 rings (SSSR count). The standard InChI is InChI=1S/C19H14F3N3O6/c20-19(21,22)13-5-1-2-6-14(13)23-16(26)11-24(10-12-4-3-9-30-12)18(27)15-7-8-17(31-15)25(28)29/h1-9H,10-11H2,(H,23,26). The number of halogens is 3. The zero-order valence-corrected chi connectivity index (χ0v) is 15.6. The molecule has 0 saturated heterocycles. The monoisotopic (exact) mass is 437 g/mol. The van der Waals surface area contributed by atoms with Crippen LogP contribution in [0.4, 0.5) is 24.7 Å². The van der Waals surface area contributed by atoms with E-state index in [1.54, 1.807) is 0 Å². The molecule has 2 heterocycles. The smallest absolute Gasteiger partial charge is 0.433 e. The largest absolute Gasteiger partial charge is 0.467 e. The number of para-hydroxylation sites is 1. The molecule has 162 valence electrons. The summed E-state index contributed by atoms with van der Waals surface area (Å²) in [6.45, 7) is -0.894. The lowest BCUT2D eigenvalue weighted by Crippen LogP contribution is -2.37. The average Bonchev–Trinajstić information content (AvgIpc) is 3.38. The molecular formula is C19H14F3N3O6. The van der Waals surface area contributed by atoms with Crippen molar-refractivity contribution in [1.82, 2.24) is 4.90 Å². The lowest BCUT2D eigenvalue weighted by molar-refractivity contribution is -0.402. The molecule has 9 nitrogen and oxygen atoms in total. The molecule has 0 radical (unpaired) electrons. The van der Waals surface area contributed by atoms with E-state index in [1.807, 2.05) is 0 Å². The van der Waals surface area contributed by atoms with E-state index >= 15 is 0 Å². The Morgan fingerprint density at radius 3 is 2.45 bits per heavy atom. The molecule has 2 aromatic heterocycles. The molecule has 0 atom stereocenters. The van der Waals surface area contributed by atoms with Crippen molar-refractivity contribution in [3.63, 3.8) is 0 Å². The Hall–Kier alpha value is -4.09. The molecule has 0 aliphatic rings. The highest BCUT2D eigenvalue weighted by atomic mass is 19.4. The molecule has 1 N–H and O–H groups in total. The normalized spacial score (nSPS) is 11.2. The van der Waals surface area contributed by atoms with E-state index in [9.17, 15) is 32.9 Å². The second kappa shape index (κ2) is 8.73. The van der Waals surface area contributed by atoms with Gasteiger partial charge in [0.05, 0.1) is 30.1 Å². The van der Waals surface area contributed by atoms with Crippen LogP contribution in [0, 0.1) is 10.1 Å². The van der Waals surface area contributed by atoms with Crippen LogP contribution in [0.25, 0.3) is 0 Å². The number of alkyl halides is 3. The Kier molecular flexibility index (Phi) is 6.09. The molecular weight excluding hydrogens is 423 g/mol. The van der Waals surface area contributed by atoms with E-state index in [4.69, 9.17) is 8.83 Å². The number of carbonyl (C=O) groups is 2. The Morgan fingerprint density at radius 2 is 1.84 bits per heavy atom. The predicted molar refractivity (Wildman–Crippen MR) is 98.9 cm³/mol. The highest BCUT2D eigenvalue weighted by molar-refractivity contribution is 5.98. The van der Waals surface area contributed by atoms with Gasteiger partial charge >= 0.3 is 12.1 Å². The van der Waals surface area contributed by atoms with Gasteiger partial charge in [0.1, 0.15) is 17.2 Å². The van der Waals surface area contributed by atoms with Crippen molar-refractivity contribution in [1.29, 1.82) is 0 Å². The molecule has 0 saturated carbocycles. The van der Waals surface area contributed by atoms with E-state index in [0.29, 0.717) is 0 Å². The highest BCUT2D eigenvalue weighted by Crippen LogP contribution is 2.34. The first-order valence-electron chi connectivity index (χ1n) is 8.67. The van der Waals surface area contributed by atoms with Crippen LogP contribution < -0.4 is 5.32 Å². The maximum atomic E-state index is 13.1. The van der Waals surface area contributed by atoms with Crippen molar-refractivity contribution in [2.24, 2.45) is 0 Å².